The molecule has 0 unspecified atom stereocenters. The van der Waals surface area contributed by atoms with Crippen LogP contribution in [0.1, 0.15) is 67.7 Å². The lowest BCUT2D eigenvalue weighted by molar-refractivity contribution is -1.03. The largest absolute Gasteiger partial charge is 0.324 e. The Balaban J connectivity index is 2.21. The number of hydrogen-bond donors (Lipinski definition) is 0. The summed E-state index contributed by atoms with van der Waals surface area (Å²) in [7, 11) is -3.55. The van der Waals surface area contributed by atoms with E-state index in [0.29, 0.717) is 6.42 Å². The monoisotopic (exact) mass is 530 g/mol. The number of benzene rings is 2. The summed E-state index contributed by atoms with van der Waals surface area (Å²) in [5.74, 6) is 0.114. The van der Waals surface area contributed by atoms with Gasteiger partial charge in [0.2, 0.25) is 0 Å². The molecule has 0 aliphatic carbocycles. The van der Waals surface area contributed by atoms with Gasteiger partial charge >= 0.3 is 30.4 Å². The first kappa shape index (κ1) is 24.4. The van der Waals surface area contributed by atoms with Gasteiger partial charge in [-0.15, -0.1) is 0 Å². The van der Waals surface area contributed by atoms with Crippen molar-refractivity contribution in [3.63, 3.8) is 0 Å². The van der Waals surface area contributed by atoms with Crippen LogP contribution in [0, 0.1) is 34.8 Å². The van der Waals surface area contributed by atoms with E-state index in [0.717, 1.165) is 20.0 Å². The molecule has 29 heavy (non-hydrogen) atoms. The first-order chi connectivity index (χ1) is 13.7. The molecule has 0 heterocycles. The Morgan fingerprint density at radius 1 is 0.724 bits per heavy atom. The van der Waals surface area contributed by atoms with Crippen molar-refractivity contribution in [1.29, 1.82) is 0 Å². The van der Waals surface area contributed by atoms with E-state index in [1.54, 1.807) is 0 Å². The third-order valence-electron chi connectivity index (χ3n) is 5.24. The highest BCUT2D eigenvalue weighted by Crippen LogP contribution is 2.08. The summed E-state index contributed by atoms with van der Waals surface area (Å²) in [4.78, 5) is 0. The number of unbranched alkanes of at least 4 members (excludes halogenated alkanes) is 5. The minimum absolute atomic E-state index is 0.114. The molecular weight excluding hydrogens is 495 g/mol. The smallest absolute Gasteiger partial charge is 0.196 e. The third-order valence-corrected chi connectivity index (χ3v) is 12.7. The summed E-state index contributed by atoms with van der Waals surface area (Å²) in [5.41, 5.74) is 4.76. The van der Waals surface area contributed by atoms with Crippen LogP contribution in [0.25, 0.3) is 0 Å². The van der Waals surface area contributed by atoms with Gasteiger partial charge in [-0.3, -0.25) is 0 Å². The lowest BCUT2D eigenvalue weighted by Crippen LogP contribution is -3.85. The van der Waals surface area contributed by atoms with Gasteiger partial charge in [0.15, 0.2) is 7.14 Å². The fraction of sp³-hybridized carbons (Fsp3) is 0.500. The number of halogens is 1. The average molecular weight is 531 g/mol. The van der Waals surface area contributed by atoms with Gasteiger partial charge in [0.05, 0.1) is 5.75 Å². The highest BCUT2D eigenvalue weighted by molar-refractivity contribution is 7.86. The lowest BCUT2D eigenvalue weighted by atomic mass is 10.1. The summed E-state index contributed by atoms with van der Waals surface area (Å²) in [6.45, 7) is 10.5. The van der Waals surface area contributed by atoms with Crippen LogP contribution >= 0.6 is 0 Å². The van der Waals surface area contributed by atoms with Gasteiger partial charge in [-0.25, -0.2) is 0 Å². The van der Waals surface area contributed by atoms with Crippen molar-refractivity contribution in [2.75, 3.05) is 5.75 Å². The molecule has 0 saturated carbocycles. The predicted molar refractivity (Wildman–Crippen MR) is 117 cm³/mol. The van der Waals surface area contributed by atoms with Crippen LogP contribution in [0.5, 0.6) is 0 Å². The minimum Gasteiger partial charge on any atom is -0.196 e. The van der Waals surface area contributed by atoms with Gasteiger partial charge in [0, 0.05) is 0 Å². The fourth-order valence-corrected chi connectivity index (χ4v) is 10.6. The molecule has 0 aliphatic heterocycles. The second-order valence-electron chi connectivity index (χ2n) is 7.80. The van der Waals surface area contributed by atoms with Gasteiger partial charge < -0.3 is 0 Å². The molecule has 0 aromatic heterocycles. The van der Waals surface area contributed by atoms with Gasteiger partial charge in [-0.05, 0) is 83.1 Å². The highest BCUT2D eigenvalue weighted by atomic mass is 127. The van der Waals surface area contributed by atoms with Crippen LogP contribution in [0.15, 0.2) is 36.4 Å². The van der Waals surface area contributed by atoms with E-state index >= 15 is 0 Å². The second kappa shape index (κ2) is 11.5. The van der Waals surface area contributed by atoms with Crippen molar-refractivity contribution >= 4 is 10.1 Å². The maximum Gasteiger partial charge on any atom is 0.324 e. The van der Waals surface area contributed by atoms with Crippen molar-refractivity contribution in [2.45, 2.75) is 73.1 Å². The first-order valence-electron chi connectivity index (χ1n) is 10.5. The molecule has 0 N–H and O–H groups in total. The Labute approximate surface area is 185 Å². The normalized spacial score (nSPS) is 11.9. The van der Waals surface area contributed by atoms with Crippen LogP contribution in [-0.2, 0) is 12.6 Å². The molecule has 2 aromatic carbocycles. The predicted octanol–water partition coefficient (Wildman–Crippen LogP) is 3.21. The summed E-state index contributed by atoms with van der Waals surface area (Å²) >= 11 is -2.55. The second-order valence-corrected chi connectivity index (χ2v) is 14.4. The Morgan fingerprint density at radius 2 is 1.21 bits per heavy atom. The van der Waals surface area contributed by atoms with Gasteiger partial charge in [-0.2, -0.15) is 8.42 Å². The topological polar surface area (TPSA) is 43.4 Å². The van der Waals surface area contributed by atoms with Gasteiger partial charge in [-0.1, -0.05) is 51.2 Å². The molecule has 161 valence electrons. The molecule has 3 nitrogen and oxygen atoms in total. The molecule has 5 heteroatoms. The van der Waals surface area contributed by atoms with E-state index in [1.807, 2.05) is 12.1 Å². The standard InChI is InChI=1S/C24H35IO3S/c1-6-7-8-9-10-11-16-29(26,27)28-25(23-14-12-19(2)21(4)17-23)24-15-13-20(3)22(5)18-24/h12-15,17-18H,6-11,16H2,1-5H3/q+1. The lowest BCUT2D eigenvalue weighted by Gasteiger charge is -2.09. The molecule has 2 rings (SSSR count). The maximum absolute atomic E-state index is 12.8. The van der Waals surface area contributed by atoms with E-state index < -0.39 is 30.4 Å². The fourth-order valence-electron chi connectivity index (χ4n) is 3.01. The van der Waals surface area contributed by atoms with E-state index in [4.69, 9.17) is 2.51 Å². The van der Waals surface area contributed by atoms with Crippen LogP contribution in [0.4, 0.5) is 0 Å². The van der Waals surface area contributed by atoms with Crippen molar-refractivity contribution in [1.82, 2.24) is 0 Å². The molecule has 0 spiro atoms. The average Bonchev–Trinajstić information content (AvgIpc) is 2.67. The molecule has 0 aliphatic rings. The SMILES string of the molecule is CCCCCCCCS(=O)(=O)O[I+](c1ccc(C)c(C)c1)c1ccc(C)c(C)c1. The first-order valence-corrected chi connectivity index (χ1v) is 15.1. The molecule has 0 amide bonds. The van der Waals surface area contributed by atoms with Crippen molar-refractivity contribution < 1.29 is 31.2 Å². The molecule has 2 aromatic rings. The van der Waals surface area contributed by atoms with Crippen LogP contribution in [-0.4, -0.2) is 14.2 Å². The van der Waals surface area contributed by atoms with Gasteiger partial charge in [0.25, 0.3) is 0 Å². The Hall–Kier alpha value is -0.920. The van der Waals surface area contributed by atoms with Crippen molar-refractivity contribution in [2.24, 2.45) is 0 Å². The van der Waals surface area contributed by atoms with Crippen molar-refractivity contribution in [3.8, 4) is 0 Å². The Bertz CT molecular complexity index is 855. The molecule has 0 bridgehead atoms. The number of aryl methyl sites for hydroxylation is 4. The molecule has 1 radical (unpaired) electrons. The maximum atomic E-state index is 12.8. The van der Waals surface area contributed by atoms with E-state index in [9.17, 15) is 8.42 Å². The zero-order valence-corrected chi connectivity index (χ0v) is 21.4. The number of hydrogen-bond acceptors (Lipinski definition) is 3. The number of rotatable bonds is 11. The summed E-state index contributed by atoms with van der Waals surface area (Å²) in [5, 5.41) is 0. The van der Waals surface area contributed by atoms with Crippen molar-refractivity contribution in [3.05, 3.63) is 65.8 Å². The van der Waals surface area contributed by atoms with Crippen LogP contribution < -0.4 is 20.2 Å². The Morgan fingerprint density at radius 3 is 1.69 bits per heavy atom. The highest BCUT2D eigenvalue weighted by Gasteiger charge is 2.37. The van der Waals surface area contributed by atoms with Crippen LogP contribution in [0.3, 0.4) is 0 Å². The summed E-state index contributed by atoms with van der Waals surface area (Å²) in [6, 6.07) is 12.4. The summed E-state index contributed by atoms with van der Waals surface area (Å²) in [6.07, 6.45) is 6.32. The molecule has 0 atom stereocenters. The van der Waals surface area contributed by atoms with Gasteiger partial charge in [0.1, 0.15) is 0 Å². The minimum atomic E-state index is -3.55. The Kier molecular flexibility index (Phi) is 9.63. The molecule has 0 saturated heterocycles. The quantitative estimate of drug-likeness (QED) is 0.331. The zero-order chi connectivity index (χ0) is 21.4. The zero-order valence-electron chi connectivity index (χ0n) is 18.4. The third kappa shape index (κ3) is 7.68. The molecular formula is C24H35IO3S+. The van der Waals surface area contributed by atoms with Crippen LogP contribution in [0.2, 0.25) is 0 Å². The van der Waals surface area contributed by atoms with E-state index in [2.05, 4.69) is 58.9 Å². The molecule has 0 fully saturated rings. The van der Waals surface area contributed by atoms with E-state index in [-0.39, 0.29) is 5.75 Å². The van der Waals surface area contributed by atoms with E-state index in [1.165, 1.54) is 41.5 Å². The summed E-state index contributed by atoms with van der Waals surface area (Å²) < 4.78 is 33.6.